The first-order chi connectivity index (χ1) is 18.4. The number of aryl methyl sites for hydroxylation is 1. The number of carbonyl (C=O) groups is 1. The number of fused-ring (bicyclic) bond motifs is 1. The summed E-state index contributed by atoms with van der Waals surface area (Å²) in [6.45, 7) is 3.81. The van der Waals surface area contributed by atoms with Crippen LogP contribution in [0.4, 0.5) is 11.4 Å². The van der Waals surface area contributed by atoms with E-state index in [2.05, 4.69) is 5.10 Å². The molecule has 0 fully saturated rings. The highest BCUT2D eigenvalue weighted by molar-refractivity contribution is 8.08. The number of hydrogen-bond donors (Lipinski definition) is 0. The molecule has 0 saturated carbocycles. The number of thiazole rings is 1. The number of hydrogen-bond acceptors (Lipinski definition) is 7. The molecule has 0 radical (unpaired) electrons. The Bertz CT molecular complexity index is 1810. The fourth-order valence-electron chi connectivity index (χ4n) is 4.56. The predicted molar refractivity (Wildman–Crippen MR) is 155 cm³/mol. The molecule has 0 atom stereocenters. The maximum Gasteiger partial charge on any atom is 0.283 e. The van der Waals surface area contributed by atoms with E-state index in [1.54, 1.807) is 23.4 Å². The van der Waals surface area contributed by atoms with Crippen molar-refractivity contribution < 1.29 is 9.53 Å². The summed E-state index contributed by atoms with van der Waals surface area (Å²) < 4.78 is 8.19. The number of rotatable bonds is 3. The van der Waals surface area contributed by atoms with Crippen molar-refractivity contribution in [3.63, 3.8) is 0 Å². The molecule has 6 rings (SSSR count). The first-order valence-corrected chi connectivity index (χ1v) is 13.6. The summed E-state index contributed by atoms with van der Waals surface area (Å²) in [5.74, 6) is 0.495. The number of aromatic nitrogens is 1. The monoisotopic (exact) mass is 540 g/mol. The molecule has 0 saturated heterocycles. The zero-order valence-electron chi connectivity index (χ0n) is 21.3. The minimum absolute atomic E-state index is 0.172. The second kappa shape index (κ2) is 9.34. The summed E-state index contributed by atoms with van der Waals surface area (Å²) in [5.41, 5.74) is 4.26. The highest BCUT2D eigenvalue weighted by Crippen LogP contribution is 2.46. The Kier molecular flexibility index (Phi) is 5.97. The quantitative estimate of drug-likeness (QED) is 0.392. The zero-order valence-corrected chi connectivity index (χ0v) is 22.9. The van der Waals surface area contributed by atoms with Crippen LogP contribution < -0.4 is 29.4 Å². The average Bonchev–Trinajstić information content (AvgIpc) is 3.54. The van der Waals surface area contributed by atoms with Crippen LogP contribution >= 0.6 is 23.1 Å². The molecule has 0 aliphatic carbocycles. The third kappa shape index (κ3) is 3.86. The number of ether oxygens (including phenoxy) is 1. The van der Waals surface area contributed by atoms with Gasteiger partial charge in [0.2, 0.25) is 0 Å². The van der Waals surface area contributed by atoms with Crippen LogP contribution in [0.3, 0.4) is 0 Å². The molecule has 4 aromatic rings. The second-order valence-corrected chi connectivity index (χ2v) is 11.1. The molecule has 0 unspecified atom stereocenters. The largest absolute Gasteiger partial charge is 0.497 e. The van der Waals surface area contributed by atoms with Crippen molar-refractivity contribution in [2.75, 3.05) is 24.1 Å². The maximum atomic E-state index is 14.1. The maximum absolute atomic E-state index is 14.1. The molecule has 0 spiro atoms. The van der Waals surface area contributed by atoms with E-state index >= 15 is 0 Å². The van der Waals surface area contributed by atoms with Crippen LogP contribution in [0.1, 0.15) is 12.5 Å². The minimum Gasteiger partial charge on any atom is -0.497 e. The lowest BCUT2D eigenvalue weighted by molar-refractivity contribution is -0.112. The molecule has 0 N–H and O–H groups in total. The fourth-order valence-corrected chi connectivity index (χ4v) is 7.08. The number of carbonyl (C=O) groups excluding carboxylic acids is 1. The van der Waals surface area contributed by atoms with E-state index in [1.807, 2.05) is 98.6 Å². The summed E-state index contributed by atoms with van der Waals surface area (Å²) in [7, 11) is 3.58. The van der Waals surface area contributed by atoms with Crippen molar-refractivity contribution in [3.05, 3.63) is 97.9 Å². The summed E-state index contributed by atoms with van der Waals surface area (Å²) in [4.78, 5) is 30.9. The molecule has 38 heavy (non-hydrogen) atoms. The number of para-hydroxylation sites is 1. The van der Waals surface area contributed by atoms with E-state index in [-0.39, 0.29) is 11.5 Å². The number of methoxy groups -OCH3 is 1. The lowest BCUT2D eigenvalue weighted by atomic mass is 10.2. The number of thioether (sulfide) groups is 1. The summed E-state index contributed by atoms with van der Waals surface area (Å²) in [6, 6.07) is 22.9. The van der Waals surface area contributed by atoms with Crippen molar-refractivity contribution in [1.82, 2.24) is 4.57 Å². The van der Waals surface area contributed by atoms with E-state index in [1.165, 1.54) is 16.3 Å². The lowest BCUT2D eigenvalue weighted by Gasteiger charge is -2.13. The number of nitrogens with zero attached hydrogens (tertiary/aromatic N) is 4. The molecule has 1 aromatic heterocycles. The van der Waals surface area contributed by atoms with Gasteiger partial charge < -0.3 is 9.64 Å². The van der Waals surface area contributed by atoms with Crippen molar-refractivity contribution in [3.8, 4) is 11.4 Å². The van der Waals surface area contributed by atoms with Crippen LogP contribution in [0.5, 0.6) is 5.75 Å². The van der Waals surface area contributed by atoms with Crippen molar-refractivity contribution in [1.29, 1.82) is 0 Å². The Hall–Kier alpha value is -4.08. The van der Waals surface area contributed by atoms with Gasteiger partial charge >= 0.3 is 0 Å². The minimum atomic E-state index is -0.257. The smallest absolute Gasteiger partial charge is 0.283 e. The summed E-state index contributed by atoms with van der Waals surface area (Å²) in [5, 5.41) is 6.79. The van der Waals surface area contributed by atoms with E-state index in [0.717, 1.165) is 26.9 Å². The Morgan fingerprint density at radius 1 is 0.895 bits per heavy atom. The van der Waals surface area contributed by atoms with Gasteiger partial charge in [0.1, 0.15) is 20.0 Å². The summed E-state index contributed by atoms with van der Waals surface area (Å²) >= 11 is 2.86. The SMILES string of the molecule is COc1ccc2c(c1)N(C)C(=c1sc(=C3C(=O)N(c4ccccc4)N=C3C)n(-c3ccc(C)cc3)c1=O)S2. The molecule has 190 valence electrons. The van der Waals surface area contributed by atoms with Crippen LogP contribution in [-0.2, 0) is 4.79 Å². The number of hydrazone groups is 1. The number of amides is 1. The topological polar surface area (TPSA) is 67.1 Å². The van der Waals surface area contributed by atoms with Gasteiger partial charge in [0, 0.05) is 18.0 Å². The Balaban J connectivity index is 1.62. The molecular formula is C29H24N4O3S2. The first kappa shape index (κ1) is 24.3. The van der Waals surface area contributed by atoms with Gasteiger partial charge in [0.25, 0.3) is 11.5 Å². The Labute approximate surface area is 227 Å². The molecule has 1 amide bonds. The van der Waals surface area contributed by atoms with Crippen molar-refractivity contribution in [2.24, 2.45) is 5.10 Å². The van der Waals surface area contributed by atoms with Gasteiger partial charge in [-0.05, 0) is 50.2 Å². The molecule has 9 heteroatoms. The molecule has 0 bridgehead atoms. The van der Waals surface area contributed by atoms with Gasteiger partial charge in [-0.3, -0.25) is 14.2 Å². The lowest BCUT2D eigenvalue weighted by Crippen LogP contribution is -2.34. The molecule has 3 heterocycles. The molecule has 2 aliphatic rings. The van der Waals surface area contributed by atoms with E-state index in [4.69, 9.17) is 4.74 Å². The van der Waals surface area contributed by atoms with Crippen LogP contribution in [0, 0.1) is 6.92 Å². The van der Waals surface area contributed by atoms with Crippen LogP contribution in [-0.4, -0.2) is 30.3 Å². The molecular weight excluding hydrogens is 516 g/mol. The van der Waals surface area contributed by atoms with Crippen LogP contribution in [0.25, 0.3) is 16.3 Å². The Morgan fingerprint density at radius 3 is 2.34 bits per heavy atom. The predicted octanol–water partition coefficient (Wildman–Crippen LogP) is 4.10. The normalized spacial score (nSPS) is 17.7. The molecule has 2 aliphatic heterocycles. The van der Waals surface area contributed by atoms with E-state index in [9.17, 15) is 9.59 Å². The third-order valence-electron chi connectivity index (χ3n) is 6.56. The van der Waals surface area contributed by atoms with Crippen LogP contribution in [0.15, 0.2) is 87.6 Å². The van der Waals surface area contributed by atoms with E-state index < -0.39 is 0 Å². The standard InChI is InChI=1S/C29H24N4O3S2/c1-17-10-12-19(13-11-17)32-27(35)25(29-31(3)22-16-21(36-4)14-15-23(22)37-29)38-28(32)24-18(2)30-33(26(24)34)20-8-6-5-7-9-20/h5-16H,1-4H3. The highest BCUT2D eigenvalue weighted by atomic mass is 32.2. The number of benzene rings is 3. The van der Waals surface area contributed by atoms with Crippen molar-refractivity contribution in [2.45, 2.75) is 18.7 Å². The van der Waals surface area contributed by atoms with Gasteiger partial charge in [-0.25, -0.2) is 0 Å². The van der Waals surface area contributed by atoms with Gasteiger partial charge in [-0.15, -0.1) is 11.3 Å². The van der Waals surface area contributed by atoms with Gasteiger partial charge in [-0.1, -0.05) is 47.7 Å². The third-order valence-corrected chi connectivity index (χ3v) is 9.07. The van der Waals surface area contributed by atoms with E-state index in [0.29, 0.717) is 31.9 Å². The van der Waals surface area contributed by atoms with Gasteiger partial charge in [-0.2, -0.15) is 10.1 Å². The van der Waals surface area contributed by atoms with Crippen molar-refractivity contribution >= 4 is 56.7 Å². The molecule has 7 nitrogen and oxygen atoms in total. The first-order valence-electron chi connectivity index (χ1n) is 12.0. The van der Waals surface area contributed by atoms with Crippen LogP contribution in [0.2, 0.25) is 0 Å². The average molecular weight is 541 g/mol. The fraction of sp³-hybridized carbons (Fsp3) is 0.138. The second-order valence-electron chi connectivity index (χ2n) is 9.03. The number of anilines is 2. The molecule has 3 aromatic carbocycles. The summed E-state index contributed by atoms with van der Waals surface area (Å²) in [6.07, 6.45) is 0. The zero-order chi connectivity index (χ0) is 26.6. The van der Waals surface area contributed by atoms with Gasteiger partial charge in [0.05, 0.1) is 35.5 Å². The Morgan fingerprint density at radius 2 is 1.63 bits per heavy atom. The van der Waals surface area contributed by atoms with Gasteiger partial charge in [0.15, 0.2) is 0 Å². The highest BCUT2D eigenvalue weighted by Gasteiger charge is 2.32.